The third kappa shape index (κ3) is 3.31. The molecular formula is C24H23N3O2. The number of aryl methyl sites for hydroxylation is 2. The number of esters is 1. The molecule has 0 spiro atoms. The molecular weight excluding hydrogens is 362 g/mol. The molecule has 146 valence electrons. The molecule has 2 aromatic heterocycles. The second-order valence-corrected chi connectivity index (χ2v) is 7.44. The number of ether oxygens (including phenoxy) is 1. The van der Waals surface area contributed by atoms with Crippen LogP contribution in [0.2, 0.25) is 0 Å². The number of pyridine rings is 1. The van der Waals surface area contributed by atoms with Crippen molar-refractivity contribution in [2.45, 2.75) is 39.7 Å². The topological polar surface area (TPSA) is 67.9 Å². The fourth-order valence-electron chi connectivity index (χ4n) is 4.36. The lowest BCUT2D eigenvalue weighted by molar-refractivity contribution is -0.137. The molecule has 4 rings (SSSR count). The van der Waals surface area contributed by atoms with Gasteiger partial charge in [-0.15, -0.1) is 0 Å². The van der Waals surface area contributed by atoms with Crippen LogP contribution in [0.1, 0.15) is 46.6 Å². The highest BCUT2D eigenvalue weighted by molar-refractivity contribution is 5.94. The molecule has 0 aliphatic heterocycles. The summed E-state index contributed by atoms with van der Waals surface area (Å²) in [5.41, 5.74) is 6.65. The monoisotopic (exact) mass is 385 g/mol. The molecule has 0 saturated carbocycles. The summed E-state index contributed by atoms with van der Waals surface area (Å²) >= 11 is 0. The van der Waals surface area contributed by atoms with E-state index in [4.69, 9.17) is 9.72 Å². The fourth-order valence-corrected chi connectivity index (χ4v) is 4.36. The van der Waals surface area contributed by atoms with Crippen molar-refractivity contribution < 1.29 is 9.53 Å². The lowest BCUT2D eigenvalue weighted by atomic mass is 10.1. The zero-order chi connectivity index (χ0) is 20.5. The summed E-state index contributed by atoms with van der Waals surface area (Å²) in [5.74, 6) is -0.413. The van der Waals surface area contributed by atoms with Gasteiger partial charge in [0.25, 0.3) is 0 Å². The van der Waals surface area contributed by atoms with Crippen molar-refractivity contribution in [2.24, 2.45) is 0 Å². The molecule has 5 heteroatoms. The first-order valence-corrected chi connectivity index (χ1v) is 9.87. The van der Waals surface area contributed by atoms with Crippen molar-refractivity contribution in [1.29, 1.82) is 5.26 Å². The van der Waals surface area contributed by atoms with Crippen LogP contribution in [0.3, 0.4) is 0 Å². The normalized spacial score (nSPS) is 13.7. The van der Waals surface area contributed by atoms with Crippen molar-refractivity contribution in [1.82, 2.24) is 9.55 Å². The number of benzene rings is 1. The molecule has 0 saturated heterocycles. The number of nitriles is 1. The van der Waals surface area contributed by atoms with Crippen LogP contribution in [0.5, 0.6) is 0 Å². The molecule has 1 aliphatic rings. The van der Waals surface area contributed by atoms with Crippen LogP contribution >= 0.6 is 0 Å². The first-order chi connectivity index (χ1) is 14.0. The van der Waals surface area contributed by atoms with Crippen LogP contribution < -0.4 is 0 Å². The summed E-state index contributed by atoms with van der Waals surface area (Å²) in [6.07, 6.45) is 4.86. The zero-order valence-corrected chi connectivity index (χ0v) is 16.9. The van der Waals surface area contributed by atoms with Crippen molar-refractivity contribution >= 4 is 23.1 Å². The summed E-state index contributed by atoms with van der Waals surface area (Å²) in [5, 5.41) is 10.8. The Balaban J connectivity index is 1.93. The second kappa shape index (κ2) is 7.56. The maximum absolute atomic E-state index is 11.9. The molecule has 0 bridgehead atoms. The van der Waals surface area contributed by atoms with Gasteiger partial charge in [0.15, 0.2) is 0 Å². The average molecular weight is 385 g/mol. The Morgan fingerprint density at radius 1 is 1.31 bits per heavy atom. The number of carbonyl (C=O) groups excluding carboxylic acids is 1. The standard InChI is InChI=1S/C24H23N3O2/c1-4-29-22(28)10-9-21-20(14-25)23-15(2)11-16(3)26-24(23)27(21)19-12-17-7-5-6-8-18(17)13-19/h5-11,19H,4,12-13H2,1-3H3. The van der Waals surface area contributed by atoms with Gasteiger partial charge in [0.05, 0.1) is 17.9 Å². The van der Waals surface area contributed by atoms with E-state index in [-0.39, 0.29) is 6.04 Å². The predicted octanol–water partition coefficient (Wildman–Crippen LogP) is 4.44. The highest BCUT2D eigenvalue weighted by Gasteiger charge is 2.28. The maximum atomic E-state index is 11.9. The quantitative estimate of drug-likeness (QED) is 0.492. The van der Waals surface area contributed by atoms with Crippen LogP contribution in [0.4, 0.5) is 0 Å². The van der Waals surface area contributed by atoms with Gasteiger partial charge >= 0.3 is 5.97 Å². The highest BCUT2D eigenvalue weighted by atomic mass is 16.5. The van der Waals surface area contributed by atoms with Gasteiger partial charge in [-0.3, -0.25) is 0 Å². The van der Waals surface area contributed by atoms with E-state index in [1.807, 2.05) is 19.9 Å². The number of carbonyl (C=O) groups is 1. The van der Waals surface area contributed by atoms with Gasteiger partial charge in [-0.1, -0.05) is 24.3 Å². The maximum Gasteiger partial charge on any atom is 0.330 e. The molecule has 0 radical (unpaired) electrons. The Hall–Kier alpha value is -3.39. The van der Waals surface area contributed by atoms with Crippen LogP contribution in [-0.4, -0.2) is 22.1 Å². The number of nitrogens with zero attached hydrogens (tertiary/aromatic N) is 3. The van der Waals surface area contributed by atoms with E-state index < -0.39 is 5.97 Å². The largest absolute Gasteiger partial charge is 0.463 e. The average Bonchev–Trinajstić information content (AvgIpc) is 3.24. The SMILES string of the molecule is CCOC(=O)C=Cc1c(C#N)c2c(C)cc(C)nc2n1C1Cc2ccccc2C1. The van der Waals surface area contributed by atoms with E-state index in [2.05, 4.69) is 34.9 Å². The van der Waals surface area contributed by atoms with Crippen molar-refractivity contribution in [3.05, 3.63) is 70.0 Å². The molecule has 0 atom stereocenters. The van der Waals surface area contributed by atoms with E-state index in [9.17, 15) is 10.1 Å². The first-order valence-electron chi connectivity index (χ1n) is 9.87. The van der Waals surface area contributed by atoms with Crippen LogP contribution in [0.25, 0.3) is 17.1 Å². The highest BCUT2D eigenvalue weighted by Crippen LogP contribution is 2.37. The smallest absolute Gasteiger partial charge is 0.330 e. The van der Waals surface area contributed by atoms with Gasteiger partial charge < -0.3 is 9.30 Å². The van der Waals surface area contributed by atoms with Gasteiger partial charge in [-0.05, 0) is 62.4 Å². The molecule has 0 unspecified atom stereocenters. The van der Waals surface area contributed by atoms with Gasteiger partial charge in [0.1, 0.15) is 11.7 Å². The van der Waals surface area contributed by atoms with E-state index in [1.165, 1.54) is 17.2 Å². The molecule has 29 heavy (non-hydrogen) atoms. The van der Waals surface area contributed by atoms with Gasteiger partial charge in [-0.25, -0.2) is 9.78 Å². The van der Waals surface area contributed by atoms with Gasteiger partial charge in [0, 0.05) is 23.2 Å². The molecule has 1 aliphatic carbocycles. The minimum atomic E-state index is -0.413. The molecule has 2 heterocycles. The zero-order valence-electron chi connectivity index (χ0n) is 16.9. The Morgan fingerprint density at radius 2 is 2.00 bits per heavy atom. The Labute approximate surface area is 170 Å². The van der Waals surface area contributed by atoms with Crippen LogP contribution in [0.15, 0.2) is 36.4 Å². The minimum absolute atomic E-state index is 0.146. The van der Waals surface area contributed by atoms with E-state index in [1.54, 1.807) is 13.0 Å². The number of hydrogen-bond acceptors (Lipinski definition) is 4. The molecule has 1 aromatic carbocycles. The van der Waals surface area contributed by atoms with Crippen LogP contribution in [0, 0.1) is 25.2 Å². The van der Waals surface area contributed by atoms with Gasteiger partial charge in [0.2, 0.25) is 0 Å². The Kier molecular flexibility index (Phi) is 4.94. The number of aromatic nitrogens is 2. The molecule has 3 aromatic rings. The predicted molar refractivity (Wildman–Crippen MR) is 112 cm³/mol. The summed E-state index contributed by atoms with van der Waals surface area (Å²) in [4.78, 5) is 16.7. The molecule has 0 fully saturated rings. The molecule has 0 N–H and O–H groups in total. The third-order valence-electron chi connectivity index (χ3n) is 5.49. The van der Waals surface area contributed by atoms with E-state index >= 15 is 0 Å². The Morgan fingerprint density at radius 3 is 2.62 bits per heavy atom. The van der Waals surface area contributed by atoms with Crippen molar-refractivity contribution in [3.63, 3.8) is 0 Å². The van der Waals surface area contributed by atoms with Crippen molar-refractivity contribution in [2.75, 3.05) is 6.61 Å². The van der Waals surface area contributed by atoms with E-state index in [0.29, 0.717) is 12.2 Å². The number of fused-ring (bicyclic) bond motifs is 2. The van der Waals surface area contributed by atoms with Crippen LogP contribution in [-0.2, 0) is 22.4 Å². The number of rotatable bonds is 4. The molecule has 5 nitrogen and oxygen atoms in total. The van der Waals surface area contributed by atoms with Crippen molar-refractivity contribution in [3.8, 4) is 6.07 Å². The van der Waals surface area contributed by atoms with E-state index in [0.717, 1.165) is 40.8 Å². The van der Waals surface area contributed by atoms with Gasteiger partial charge in [-0.2, -0.15) is 5.26 Å². The Bertz CT molecular complexity index is 1160. The summed E-state index contributed by atoms with van der Waals surface area (Å²) in [7, 11) is 0. The number of hydrogen-bond donors (Lipinski definition) is 0. The first kappa shape index (κ1) is 18.9. The lowest BCUT2D eigenvalue weighted by Gasteiger charge is -2.16. The lowest BCUT2D eigenvalue weighted by Crippen LogP contribution is -2.12. The third-order valence-corrected chi connectivity index (χ3v) is 5.49. The summed E-state index contributed by atoms with van der Waals surface area (Å²) in [6, 6.07) is 12.9. The summed E-state index contributed by atoms with van der Waals surface area (Å²) < 4.78 is 7.18. The fraction of sp³-hybridized carbons (Fsp3) is 0.292. The summed E-state index contributed by atoms with van der Waals surface area (Å²) in [6.45, 7) is 6.06. The second-order valence-electron chi connectivity index (χ2n) is 7.44. The minimum Gasteiger partial charge on any atom is -0.463 e. The molecule has 0 amide bonds.